The minimum Gasteiger partial charge on any atom is -0.357 e. The molecular formula is C10H12N2OS. The van der Waals surface area contributed by atoms with Crippen LogP contribution in [0.25, 0.3) is 0 Å². The minimum absolute atomic E-state index is 0.0172. The number of anilines is 1. The summed E-state index contributed by atoms with van der Waals surface area (Å²) in [6.45, 7) is 2.05. The lowest BCUT2D eigenvalue weighted by atomic mass is 10.2. The molecule has 0 saturated carbocycles. The highest BCUT2D eigenvalue weighted by molar-refractivity contribution is 8.01. The zero-order valence-electron chi connectivity index (χ0n) is 7.91. The van der Waals surface area contributed by atoms with E-state index in [1.165, 1.54) is 5.56 Å². The van der Waals surface area contributed by atoms with Crippen LogP contribution < -0.4 is 10.6 Å². The third-order valence-corrected chi connectivity index (χ3v) is 3.10. The standard InChI is InChI=1S/C10H12N2OS/c1-7-4-2-3-5-8(7)11-10-12-9(13)6-14-10/h2-5,10-11H,6H2,1H3,(H,12,13). The summed E-state index contributed by atoms with van der Waals surface area (Å²) in [5, 5.41) is 6.11. The SMILES string of the molecule is Cc1ccccc1NC1NC(=O)CS1. The van der Waals surface area contributed by atoms with Crippen molar-refractivity contribution in [1.82, 2.24) is 5.32 Å². The third-order valence-electron chi connectivity index (χ3n) is 2.10. The minimum atomic E-state index is 0.0172. The lowest BCUT2D eigenvalue weighted by molar-refractivity contribution is -0.118. The quantitative estimate of drug-likeness (QED) is 0.775. The van der Waals surface area contributed by atoms with Crippen LogP contribution >= 0.6 is 11.8 Å². The van der Waals surface area contributed by atoms with Gasteiger partial charge in [0.05, 0.1) is 5.75 Å². The van der Waals surface area contributed by atoms with Gasteiger partial charge >= 0.3 is 0 Å². The fourth-order valence-electron chi connectivity index (χ4n) is 1.34. The van der Waals surface area contributed by atoms with Gasteiger partial charge in [-0.15, -0.1) is 11.8 Å². The second-order valence-electron chi connectivity index (χ2n) is 3.22. The van der Waals surface area contributed by atoms with Crippen LogP contribution in [0.2, 0.25) is 0 Å². The molecule has 2 rings (SSSR count). The monoisotopic (exact) mass is 208 g/mol. The molecule has 4 heteroatoms. The number of rotatable bonds is 2. The Kier molecular flexibility index (Phi) is 2.63. The van der Waals surface area contributed by atoms with Crippen molar-refractivity contribution in [2.24, 2.45) is 0 Å². The molecule has 1 heterocycles. The largest absolute Gasteiger partial charge is 0.357 e. The molecule has 1 amide bonds. The van der Waals surface area contributed by atoms with Crippen LogP contribution in [0.5, 0.6) is 0 Å². The van der Waals surface area contributed by atoms with E-state index in [1.807, 2.05) is 31.2 Å². The van der Waals surface area contributed by atoms with Crippen LogP contribution in [-0.4, -0.2) is 17.2 Å². The summed E-state index contributed by atoms with van der Waals surface area (Å²) in [7, 11) is 0. The first-order valence-electron chi connectivity index (χ1n) is 4.49. The molecule has 0 radical (unpaired) electrons. The Morgan fingerprint density at radius 2 is 2.29 bits per heavy atom. The number of para-hydroxylation sites is 1. The van der Waals surface area contributed by atoms with Gasteiger partial charge in [-0.3, -0.25) is 4.79 Å². The van der Waals surface area contributed by atoms with E-state index >= 15 is 0 Å². The van der Waals surface area contributed by atoms with Gasteiger partial charge < -0.3 is 10.6 Å². The zero-order chi connectivity index (χ0) is 9.97. The van der Waals surface area contributed by atoms with Gasteiger partial charge in [0.15, 0.2) is 0 Å². The van der Waals surface area contributed by atoms with E-state index in [9.17, 15) is 4.79 Å². The van der Waals surface area contributed by atoms with E-state index in [-0.39, 0.29) is 11.4 Å². The maximum absolute atomic E-state index is 11.0. The summed E-state index contributed by atoms with van der Waals surface area (Å²) in [5.74, 6) is 0.643. The third kappa shape index (κ3) is 2.01. The Bertz CT molecular complexity index is 354. The van der Waals surface area contributed by atoms with Gasteiger partial charge in [0.2, 0.25) is 5.91 Å². The van der Waals surface area contributed by atoms with E-state index in [0.29, 0.717) is 5.75 Å². The maximum Gasteiger partial charge on any atom is 0.232 e. The van der Waals surface area contributed by atoms with Crippen molar-refractivity contribution in [3.63, 3.8) is 0 Å². The molecule has 0 aliphatic carbocycles. The van der Waals surface area contributed by atoms with Gasteiger partial charge in [-0.1, -0.05) is 18.2 Å². The summed E-state index contributed by atoms with van der Waals surface area (Å²) in [4.78, 5) is 11.0. The predicted molar refractivity (Wildman–Crippen MR) is 59.2 cm³/mol. The fourth-order valence-corrected chi connectivity index (χ4v) is 2.17. The number of aryl methyl sites for hydroxylation is 1. The molecule has 1 fully saturated rings. The molecule has 1 aromatic carbocycles. The summed E-state index contributed by atoms with van der Waals surface area (Å²) in [6, 6.07) is 8.04. The number of thioether (sulfide) groups is 1. The first-order valence-corrected chi connectivity index (χ1v) is 5.54. The van der Waals surface area contributed by atoms with Crippen molar-refractivity contribution in [1.29, 1.82) is 0 Å². The van der Waals surface area contributed by atoms with E-state index in [1.54, 1.807) is 11.8 Å². The van der Waals surface area contributed by atoms with E-state index in [2.05, 4.69) is 10.6 Å². The Labute approximate surface area is 87.3 Å². The number of nitrogens with one attached hydrogen (secondary N) is 2. The van der Waals surface area contributed by atoms with Crippen LogP contribution in [0.4, 0.5) is 5.69 Å². The molecule has 0 bridgehead atoms. The van der Waals surface area contributed by atoms with Crippen molar-refractivity contribution in [3.8, 4) is 0 Å². The fraction of sp³-hybridized carbons (Fsp3) is 0.300. The molecule has 1 atom stereocenters. The lowest BCUT2D eigenvalue weighted by Crippen LogP contribution is -2.31. The summed E-state index contributed by atoms with van der Waals surface area (Å²) >= 11 is 1.58. The van der Waals surface area contributed by atoms with E-state index < -0.39 is 0 Å². The molecule has 0 spiro atoms. The smallest absolute Gasteiger partial charge is 0.232 e. The second-order valence-corrected chi connectivity index (χ2v) is 4.31. The number of benzene rings is 1. The van der Waals surface area contributed by atoms with Crippen LogP contribution in [0, 0.1) is 6.92 Å². The van der Waals surface area contributed by atoms with Gasteiger partial charge in [0.1, 0.15) is 5.50 Å². The molecule has 0 aromatic heterocycles. The Morgan fingerprint density at radius 3 is 2.93 bits per heavy atom. The average Bonchev–Trinajstić information content (AvgIpc) is 2.56. The van der Waals surface area contributed by atoms with Gasteiger partial charge in [-0.2, -0.15) is 0 Å². The van der Waals surface area contributed by atoms with Gasteiger partial charge in [-0.25, -0.2) is 0 Å². The highest BCUT2D eigenvalue weighted by atomic mass is 32.2. The molecule has 14 heavy (non-hydrogen) atoms. The molecule has 1 unspecified atom stereocenters. The van der Waals surface area contributed by atoms with E-state index in [4.69, 9.17) is 0 Å². The maximum atomic E-state index is 11.0. The van der Waals surface area contributed by atoms with Crippen molar-refractivity contribution < 1.29 is 4.79 Å². The highest BCUT2D eigenvalue weighted by Crippen LogP contribution is 2.20. The Balaban J connectivity index is 2.04. The van der Waals surface area contributed by atoms with Crippen LogP contribution in [0.3, 0.4) is 0 Å². The van der Waals surface area contributed by atoms with Crippen molar-refractivity contribution in [2.45, 2.75) is 12.4 Å². The second kappa shape index (κ2) is 3.92. The van der Waals surface area contributed by atoms with Gasteiger partial charge in [0, 0.05) is 5.69 Å². The van der Waals surface area contributed by atoms with Gasteiger partial charge in [0.25, 0.3) is 0 Å². The van der Waals surface area contributed by atoms with Gasteiger partial charge in [-0.05, 0) is 18.6 Å². The number of hydrogen-bond acceptors (Lipinski definition) is 3. The topological polar surface area (TPSA) is 41.1 Å². The molecule has 1 aromatic rings. The van der Waals surface area contributed by atoms with Crippen LogP contribution in [-0.2, 0) is 4.79 Å². The van der Waals surface area contributed by atoms with Crippen LogP contribution in [0.15, 0.2) is 24.3 Å². The number of amides is 1. The Morgan fingerprint density at radius 1 is 1.50 bits per heavy atom. The first-order chi connectivity index (χ1) is 6.75. The van der Waals surface area contributed by atoms with Crippen LogP contribution in [0.1, 0.15) is 5.56 Å². The first kappa shape index (κ1) is 9.40. The number of carbonyl (C=O) groups excluding carboxylic acids is 1. The van der Waals surface area contributed by atoms with Crippen molar-refractivity contribution in [3.05, 3.63) is 29.8 Å². The van der Waals surface area contributed by atoms with Crippen molar-refractivity contribution in [2.75, 3.05) is 11.1 Å². The molecule has 2 N–H and O–H groups in total. The normalized spacial score (nSPS) is 20.6. The summed E-state index contributed by atoms with van der Waals surface area (Å²) in [5.41, 5.74) is 2.28. The highest BCUT2D eigenvalue weighted by Gasteiger charge is 2.20. The zero-order valence-corrected chi connectivity index (χ0v) is 8.73. The van der Waals surface area contributed by atoms with Crippen molar-refractivity contribution >= 4 is 23.4 Å². The molecular weight excluding hydrogens is 196 g/mol. The van der Waals surface area contributed by atoms with E-state index in [0.717, 1.165) is 5.69 Å². The summed E-state index contributed by atoms with van der Waals surface area (Å²) in [6.07, 6.45) is 0. The predicted octanol–water partition coefficient (Wildman–Crippen LogP) is 1.55. The lowest BCUT2D eigenvalue weighted by Gasteiger charge is -2.14. The molecule has 1 saturated heterocycles. The molecule has 1 aliphatic heterocycles. The number of carbonyl (C=O) groups is 1. The average molecular weight is 208 g/mol. The molecule has 3 nitrogen and oxygen atoms in total. The molecule has 1 aliphatic rings. The Hall–Kier alpha value is -1.16. The molecule has 74 valence electrons. The number of hydrogen-bond donors (Lipinski definition) is 2. The summed E-state index contributed by atoms with van der Waals surface area (Å²) < 4.78 is 0.